The number of rotatable bonds is 2. The molecule has 5 nitrogen and oxygen atoms in total. The van der Waals surface area contributed by atoms with Gasteiger partial charge in [-0.2, -0.15) is 0 Å². The van der Waals surface area contributed by atoms with Crippen LogP contribution in [0, 0.1) is 6.92 Å². The Balaban J connectivity index is 3.39. The molecule has 1 aromatic rings. The van der Waals surface area contributed by atoms with Crippen molar-refractivity contribution in [2.75, 3.05) is 6.26 Å². The van der Waals surface area contributed by atoms with Gasteiger partial charge in [-0.25, -0.2) is 13.4 Å². The molecular formula is C10H14N2O3S. The first-order chi connectivity index (χ1) is 7.23. The lowest BCUT2D eigenvalue weighted by atomic mass is 10.3. The molecule has 0 radical (unpaired) electrons. The van der Waals surface area contributed by atoms with Gasteiger partial charge >= 0.3 is 0 Å². The Morgan fingerprint density at radius 3 is 2.56 bits per heavy atom. The van der Waals surface area contributed by atoms with Gasteiger partial charge in [-0.3, -0.25) is 4.79 Å². The van der Waals surface area contributed by atoms with Gasteiger partial charge in [0, 0.05) is 23.9 Å². The second-order valence-corrected chi connectivity index (χ2v) is 5.84. The molecule has 0 amide bonds. The summed E-state index contributed by atoms with van der Waals surface area (Å²) in [6.07, 6.45) is 3.77. The van der Waals surface area contributed by atoms with Crippen LogP contribution in [0.1, 0.15) is 18.3 Å². The van der Waals surface area contributed by atoms with Crippen molar-refractivity contribution in [2.24, 2.45) is 7.05 Å². The van der Waals surface area contributed by atoms with Crippen LogP contribution in [0.3, 0.4) is 0 Å². The van der Waals surface area contributed by atoms with Gasteiger partial charge in [0.15, 0.2) is 9.84 Å². The molecule has 16 heavy (non-hydrogen) atoms. The molecule has 0 bridgehead atoms. The number of sulfone groups is 1. The molecule has 0 fully saturated rings. The summed E-state index contributed by atoms with van der Waals surface area (Å²) in [6.45, 7) is 3.22. The molecule has 0 unspecified atom stereocenters. The van der Waals surface area contributed by atoms with Gasteiger partial charge in [-0.05, 0) is 19.9 Å². The molecule has 0 atom stereocenters. The van der Waals surface area contributed by atoms with E-state index in [1.165, 1.54) is 23.8 Å². The van der Waals surface area contributed by atoms with Crippen molar-refractivity contribution >= 4 is 15.9 Å². The van der Waals surface area contributed by atoms with Gasteiger partial charge in [-0.1, -0.05) is 0 Å². The fraction of sp³-hybridized carbons (Fsp3) is 0.400. The molecule has 0 spiro atoms. The monoisotopic (exact) mass is 242 g/mol. The third kappa shape index (κ3) is 2.57. The van der Waals surface area contributed by atoms with Crippen molar-refractivity contribution in [1.82, 2.24) is 9.55 Å². The van der Waals surface area contributed by atoms with Crippen LogP contribution in [-0.2, 0) is 16.9 Å². The zero-order valence-electron chi connectivity index (χ0n) is 9.68. The van der Waals surface area contributed by atoms with E-state index in [1.807, 2.05) is 0 Å². The van der Waals surface area contributed by atoms with Crippen LogP contribution in [0.15, 0.2) is 15.9 Å². The van der Waals surface area contributed by atoms with Gasteiger partial charge in [0.05, 0.1) is 11.9 Å². The third-order valence-electron chi connectivity index (χ3n) is 2.44. The second kappa shape index (κ2) is 4.21. The van der Waals surface area contributed by atoms with Gasteiger partial charge in [-0.15, -0.1) is 0 Å². The first-order valence-electron chi connectivity index (χ1n) is 4.64. The zero-order chi connectivity index (χ0) is 12.5. The quantitative estimate of drug-likeness (QED) is 0.757. The van der Waals surface area contributed by atoms with Crippen LogP contribution < -0.4 is 5.56 Å². The minimum absolute atomic E-state index is 0.216. The van der Waals surface area contributed by atoms with E-state index in [0.717, 1.165) is 6.26 Å². The molecule has 0 saturated heterocycles. The van der Waals surface area contributed by atoms with Crippen molar-refractivity contribution in [3.63, 3.8) is 0 Å². The minimum Gasteiger partial charge on any atom is -0.313 e. The molecule has 0 aliphatic heterocycles. The molecule has 1 aromatic heterocycles. The SMILES string of the molecule is CC(=Cc1ncc(=O)n(C)c1C)S(C)(=O)=O. The summed E-state index contributed by atoms with van der Waals surface area (Å²) in [5, 5.41) is 0. The van der Waals surface area contributed by atoms with Crippen LogP contribution in [-0.4, -0.2) is 24.2 Å². The van der Waals surface area contributed by atoms with Gasteiger partial charge in [0.2, 0.25) is 0 Å². The highest BCUT2D eigenvalue weighted by Gasteiger charge is 2.08. The van der Waals surface area contributed by atoms with Crippen molar-refractivity contribution in [3.05, 3.63) is 32.8 Å². The summed E-state index contributed by atoms with van der Waals surface area (Å²) in [4.78, 5) is 15.4. The molecular weight excluding hydrogens is 228 g/mol. The molecule has 0 aliphatic carbocycles. The molecule has 0 aliphatic rings. The van der Waals surface area contributed by atoms with E-state index in [0.29, 0.717) is 11.4 Å². The fourth-order valence-corrected chi connectivity index (χ4v) is 1.41. The Morgan fingerprint density at radius 1 is 1.50 bits per heavy atom. The van der Waals surface area contributed by atoms with E-state index >= 15 is 0 Å². The molecule has 0 aromatic carbocycles. The lowest BCUT2D eigenvalue weighted by Gasteiger charge is -2.06. The number of aromatic nitrogens is 2. The Morgan fingerprint density at radius 2 is 2.06 bits per heavy atom. The van der Waals surface area contributed by atoms with Crippen molar-refractivity contribution in [2.45, 2.75) is 13.8 Å². The Hall–Kier alpha value is -1.43. The molecule has 1 heterocycles. The Kier molecular flexibility index (Phi) is 3.32. The predicted molar refractivity (Wildman–Crippen MR) is 62.7 cm³/mol. The van der Waals surface area contributed by atoms with Crippen molar-refractivity contribution in [3.8, 4) is 0 Å². The first-order valence-corrected chi connectivity index (χ1v) is 6.53. The summed E-state index contributed by atoms with van der Waals surface area (Å²) in [6, 6.07) is 0. The largest absolute Gasteiger partial charge is 0.313 e. The minimum atomic E-state index is -3.21. The predicted octanol–water partition coefficient (Wildman–Crippen LogP) is 0.494. The van der Waals surface area contributed by atoms with Crippen LogP contribution >= 0.6 is 0 Å². The summed E-state index contributed by atoms with van der Waals surface area (Å²) in [5.41, 5.74) is 0.909. The van der Waals surface area contributed by atoms with Crippen molar-refractivity contribution in [1.29, 1.82) is 0 Å². The molecule has 88 valence electrons. The average Bonchev–Trinajstić information content (AvgIpc) is 2.17. The number of nitrogens with zero attached hydrogens (tertiary/aromatic N) is 2. The summed E-state index contributed by atoms with van der Waals surface area (Å²) < 4.78 is 23.9. The zero-order valence-corrected chi connectivity index (χ0v) is 10.5. The summed E-state index contributed by atoms with van der Waals surface area (Å²) >= 11 is 0. The van der Waals surface area contributed by atoms with Gasteiger partial charge < -0.3 is 4.57 Å². The van der Waals surface area contributed by atoms with E-state index in [4.69, 9.17) is 0 Å². The number of hydrogen-bond acceptors (Lipinski definition) is 4. The normalized spacial score (nSPS) is 12.9. The molecule has 1 rings (SSSR count). The highest BCUT2D eigenvalue weighted by atomic mass is 32.2. The molecule has 0 N–H and O–H groups in total. The highest BCUT2D eigenvalue weighted by molar-refractivity contribution is 7.94. The molecule has 6 heteroatoms. The van der Waals surface area contributed by atoms with E-state index < -0.39 is 9.84 Å². The van der Waals surface area contributed by atoms with Crippen LogP contribution in [0.4, 0.5) is 0 Å². The topological polar surface area (TPSA) is 69.0 Å². The fourth-order valence-electron chi connectivity index (χ4n) is 1.08. The lowest BCUT2D eigenvalue weighted by molar-refractivity contribution is 0.608. The highest BCUT2D eigenvalue weighted by Crippen LogP contribution is 2.10. The summed E-state index contributed by atoms with van der Waals surface area (Å²) in [5.74, 6) is 0. The van der Waals surface area contributed by atoms with E-state index in [9.17, 15) is 13.2 Å². The van der Waals surface area contributed by atoms with Crippen LogP contribution in [0.2, 0.25) is 0 Å². The molecule has 0 saturated carbocycles. The van der Waals surface area contributed by atoms with E-state index in [2.05, 4.69) is 4.98 Å². The van der Waals surface area contributed by atoms with E-state index in [-0.39, 0.29) is 10.5 Å². The van der Waals surface area contributed by atoms with E-state index in [1.54, 1.807) is 14.0 Å². The van der Waals surface area contributed by atoms with Gasteiger partial charge in [0.25, 0.3) is 5.56 Å². The Labute approximate surface area is 94.4 Å². The standard InChI is InChI=1S/C10H14N2O3S/c1-7(16(4,14)15)5-9-8(2)12(3)10(13)6-11-9/h5-6H,1-4H3. The third-order valence-corrected chi connectivity index (χ3v) is 3.73. The second-order valence-electron chi connectivity index (χ2n) is 3.65. The smallest absolute Gasteiger partial charge is 0.268 e. The van der Waals surface area contributed by atoms with Gasteiger partial charge in [0.1, 0.15) is 0 Å². The maximum absolute atomic E-state index is 11.2. The summed E-state index contributed by atoms with van der Waals surface area (Å²) in [7, 11) is -1.59. The average molecular weight is 242 g/mol. The van der Waals surface area contributed by atoms with Crippen molar-refractivity contribution < 1.29 is 8.42 Å². The lowest BCUT2D eigenvalue weighted by Crippen LogP contribution is -2.20. The maximum Gasteiger partial charge on any atom is 0.268 e. The number of hydrogen-bond donors (Lipinski definition) is 0. The Bertz CT molecular complexity index is 597. The maximum atomic E-state index is 11.2. The first kappa shape index (κ1) is 12.6. The van der Waals surface area contributed by atoms with Crippen LogP contribution in [0.25, 0.3) is 6.08 Å². The number of allylic oxidation sites excluding steroid dienone is 1. The van der Waals surface area contributed by atoms with Crippen LogP contribution in [0.5, 0.6) is 0 Å².